The molecule has 4 heterocycles. The summed E-state index contributed by atoms with van der Waals surface area (Å²) in [6, 6.07) is 16.9. The number of fused-ring (bicyclic) bond motifs is 1. The summed E-state index contributed by atoms with van der Waals surface area (Å²) in [5, 5.41) is 5.51. The molecule has 1 N–H and O–H groups in total. The van der Waals surface area contributed by atoms with E-state index in [2.05, 4.69) is 63.5 Å². The van der Waals surface area contributed by atoms with Crippen LogP contribution in [0.2, 0.25) is 0 Å². The van der Waals surface area contributed by atoms with Crippen molar-refractivity contribution >= 4 is 33.2 Å². The topological polar surface area (TPSA) is 53.9 Å². The molecule has 5 rings (SSSR count). The molecule has 3 aromatic heterocycles. The number of likely N-dealkylation sites (tertiary alicyclic amines) is 1. The van der Waals surface area contributed by atoms with E-state index in [4.69, 9.17) is 4.98 Å². The van der Waals surface area contributed by atoms with Crippen molar-refractivity contribution in [3.63, 3.8) is 0 Å². The average molecular weight is 416 g/mol. The number of thiazole rings is 1. The number of hydrogen-bond donors (Lipinski definition) is 1. The van der Waals surface area contributed by atoms with Crippen LogP contribution in [0.4, 0.5) is 10.9 Å². The molecule has 0 bridgehead atoms. The van der Waals surface area contributed by atoms with Gasteiger partial charge in [-0.05, 0) is 62.7 Å². The maximum absolute atomic E-state index is 4.88. The molecule has 0 amide bonds. The second-order valence-electron chi connectivity index (χ2n) is 7.89. The van der Waals surface area contributed by atoms with Gasteiger partial charge in [-0.25, -0.2) is 9.97 Å². The first-order valence-corrected chi connectivity index (χ1v) is 11.3. The summed E-state index contributed by atoms with van der Waals surface area (Å²) in [5.74, 6) is 1.39. The van der Waals surface area contributed by atoms with Crippen molar-refractivity contribution in [1.82, 2.24) is 19.9 Å². The number of piperidine rings is 1. The number of hydrogen-bond acceptors (Lipinski definition) is 6. The van der Waals surface area contributed by atoms with Crippen LogP contribution < -0.4 is 5.32 Å². The van der Waals surface area contributed by atoms with E-state index in [1.54, 1.807) is 11.3 Å². The largest absolute Gasteiger partial charge is 0.316 e. The van der Waals surface area contributed by atoms with Crippen LogP contribution in [0.15, 0.2) is 60.9 Å². The van der Waals surface area contributed by atoms with Gasteiger partial charge < -0.3 is 5.32 Å². The SMILES string of the molecule is Cc1cnc(Nc2cccc(C3CCN(Cc4cccc5ncccc45)CC3)n2)s1. The number of pyridine rings is 2. The van der Waals surface area contributed by atoms with Gasteiger partial charge in [0.2, 0.25) is 0 Å². The third-order valence-corrected chi connectivity index (χ3v) is 6.59. The normalized spacial score (nSPS) is 15.5. The summed E-state index contributed by atoms with van der Waals surface area (Å²) in [6.07, 6.45) is 6.02. The molecule has 1 aromatic carbocycles. The van der Waals surface area contributed by atoms with E-state index in [0.717, 1.165) is 48.9 Å². The van der Waals surface area contributed by atoms with Crippen LogP contribution in [0.1, 0.15) is 34.9 Å². The predicted octanol–water partition coefficient (Wildman–Crippen LogP) is 5.52. The van der Waals surface area contributed by atoms with Crippen molar-refractivity contribution in [2.45, 2.75) is 32.2 Å². The lowest BCUT2D eigenvalue weighted by atomic mass is 9.92. The molecule has 6 heteroatoms. The molecule has 4 aromatic rings. The quantitative estimate of drug-likeness (QED) is 0.465. The van der Waals surface area contributed by atoms with Crippen molar-refractivity contribution in [3.8, 4) is 0 Å². The first kappa shape index (κ1) is 19.2. The minimum Gasteiger partial charge on any atom is -0.316 e. The summed E-state index contributed by atoms with van der Waals surface area (Å²) in [4.78, 5) is 17.5. The van der Waals surface area contributed by atoms with E-state index in [1.807, 2.05) is 24.5 Å². The smallest absolute Gasteiger partial charge is 0.188 e. The molecule has 1 saturated heterocycles. The standard InChI is InChI=1S/C24H25N5S/c1-17-15-26-24(30-17)28-23-9-3-7-21(27-23)18-10-13-29(14-11-18)16-19-5-2-8-22-20(19)6-4-12-25-22/h2-9,12,15,18H,10-11,13-14,16H2,1H3,(H,26,27,28). The number of aromatic nitrogens is 3. The van der Waals surface area contributed by atoms with Gasteiger partial charge in [0.05, 0.1) is 5.52 Å². The van der Waals surface area contributed by atoms with Crippen LogP contribution in [0.5, 0.6) is 0 Å². The Morgan fingerprint density at radius 2 is 1.90 bits per heavy atom. The summed E-state index contributed by atoms with van der Waals surface area (Å²) < 4.78 is 0. The summed E-state index contributed by atoms with van der Waals surface area (Å²) >= 11 is 1.65. The van der Waals surface area contributed by atoms with E-state index in [1.165, 1.54) is 21.5 Å². The fraction of sp³-hybridized carbons (Fsp3) is 0.292. The second-order valence-corrected chi connectivity index (χ2v) is 9.12. The molecule has 1 aliphatic rings. The molecule has 152 valence electrons. The van der Waals surface area contributed by atoms with Gasteiger partial charge in [-0.3, -0.25) is 9.88 Å². The Balaban J connectivity index is 1.23. The Morgan fingerprint density at radius 3 is 2.73 bits per heavy atom. The van der Waals surface area contributed by atoms with Crippen LogP contribution in [0.25, 0.3) is 10.9 Å². The number of aryl methyl sites for hydroxylation is 1. The molecule has 0 unspecified atom stereocenters. The highest BCUT2D eigenvalue weighted by molar-refractivity contribution is 7.15. The van der Waals surface area contributed by atoms with E-state index in [-0.39, 0.29) is 0 Å². The Kier molecular flexibility index (Phi) is 5.43. The lowest BCUT2D eigenvalue weighted by molar-refractivity contribution is 0.204. The Hall–Kier alpha value is -2.83. The first-order valence-electron chi connectivity index (χ1n) is 10.5. The van der Waals surface area contributed by atoms with Crippen LogP contribution in [-0.2, 0) is 6.54 Å². The van der Waals surface area contributed by atoms with E-state index in [9.17, 15) is 0 Å². The number of nitrogens with one attached hydrogen (secondary N) is 1. The zero-order chi connectivity index (χ0) is 20.3. The minimum absolute atomic E-state index is 0.509. The summed E-state index contributed by atoms with van der Waals surface area (Å²) in [6.45, 7) is 5.22. The molecule has 30 heavy (non-hydrogen) atoms. The Labute approximate surface area is 180 Å². The molecular weight excluding hydrogens is 390 g/mol. The first-order chi connectivity index (χ1) is 14.7. The van der Waals surface area contributed by atoms with Gasteiger partial charge in [-0.1, -0.05) is 24.3 Å². The number of rotatable bonds is 5. The molecule has 1 fully saturated rings. The van der Waals surface area contributed by atoms with E-state index >= 15 is 0 Å². The number of benzene rings is 1. The van der Waals surface area contributed by atoms with Gasteiger partial charge in [0.1, 0.15) is 5.82 Å². The third-order valence-electron chi connectivity index (χ3n) is 5.76. The zero-order valence-corrected chi connectivity index (χ0v) is 17.9. The molecular formula is C24H25N5S. The maximum Gasteiger partial charge on any atom is 0.188 e. The van der Waals surface area contributed by atoms with E-state index < -0.39 is 0 Å². The molecule has 0 atom stereocenters. The molecule has 5 nitrogen and oxygen atoms in total. The average Bonchev–Trinajstić information content (AvgIpc) is 3.19. The van der Waals surface area contributed by atoms with E-state index in [0.29, 0.717) is 5.92 Å². The number of nitrogens with zero attached hydrogens (tertiary/aromatic N) is 4. The van der Waals surface area contributed by atoms with Crippen LogP contribution in [0.3, 0.4) is 0 Å². The Morgan fingerprint density at radius 1 is 1.03 bits per heavy atom. The molecule has 1 aliphatic heterocycles. The van der Waals surface area contributed by atoms with Crippen molar-refractivity contribution in [2.24, 2.45) is 0 Å². The highest BCUT2D eigenvalue weighted by atomic mass is 32.1. The van der Waals surface area contributed by atoms with Crippen molar-refractivity contribution in [1.29, 1.82) is 0 Å². The van der Waals surface area contributed by atoms with Crippen LogP contribution >= 0.6 is 11.3 Å². The second kappa shape index (κ2) is 8.50. The van der Waals surface area contributed by atoms with Crippen LogP contribution in [-0.4, -0.2) is 32.9 Å². The predicted molar refractivity (Wildman–Crippen MR) is 123 cm³/mol. The third kappa shape index (κ3) is 4.20. The molecule has 0 radical (unpaired) electrons. The summed E-state index contributed by atoms with van der Waals surface area (Å²) in [5.41, 5.74) is 3.62. The van der Waals surface area contributed by atoms with Gasteiger partial charge in [0.25, 0.3) is 0 Å². The lowest BCUT2D eigenvalue weighted by Gasteiger charge is -2.32. The van der Waals surface area contributed by atoms with Crippen molar-refractivity contribution in [2.75, 3.05) is 18.4 Å². The monoisotopic (exact) mass is 415 g/mol. The fourth-order valence-electron chi connectivity index (χ4n) is 4.20. The van der Waals surface area contributed by atoms with Gasteiger partial charge >= 0.3 is 0 Å². The summed E-state index contributed by atoms with van der Waals surface area (Å²) in [7, 11) is 0. The van der Waals surface area contributed by atoms with Gasteiger partial charge in [-0.15, -0.1) is 11.3 Å². The van der Waals surface area contributed by atoms with Crippen LogP contribution in [0, 0.1) is 6.92 Å². The number of anilines is 2. The van der Waals surface area contributed by atoms with Crippen molar-refractivity contribution in [3.05, 3.63) is 77.1 Å². The minimum atomic E-state index is 0.509. The lowest BCUT2D eigenvalue weighted by Crippen LogP contribution is -2.32. The molecule has 0 saturated carbocycles. The fourth-order valence-corrected chi connectivity index (χ4v) is 4.87. The zero-order valence-electron chi connectivity index (χ0n) is 17.1. The van der Waals surface area contributed by atoms with Crippen molar-refractivity contribution < 1.29 is 0 Å². The Bertz CT molecular complexity index is 1140. The molecule has 0 aliphatic carbocycles. The molecule has 0 spiro atoms. The highest BCUT2D eigenvalue weighted by Gasteiger charge is 2.22. The highest BCUT2D eigenvalue weighted by Crippen LogP contribution is 2.30. The van der Waals surface area contributed by atoms with Gasteiger partial charge in [0.15, 0.2) is 5.13 Å². The van der Waals surface area contributed by atoms with Gasteiger partial charge in [0, 0.05) is 40.8 Å². The van der Waals surface area contributed by atoms with Gasteiger partial charge in [-0.2, -0.15) is 0 Å². The maximum atomic E-state index is 4.88.